The van der Waals surface area contributed by atoms with Crippen LogP contribution >= 0.6 is 0 Å². The zero-order valence-corrected chi connectivity index (χ0v) is 8.82. The molecule has 1 aromatic rings. The Bertz CT molecular complexity index is 310. The Balaban J connectivity index is 2.89. The number of aliphatic hydroxyl groups excluding tert-OH is 1. The Labute approximate surface area is 84.6 Å². The molecule has 0 aliphatic heterocycles. The molecule has 1 atom stereocenters. The number of Topliss-reactive ketones (excluding diaryl/α,β-unsaturated/α-hetero) is 1. The maximum atomic E-state index is 11.4. The summed E-state index contributed by atoms with van der Waals surface area (Å²) in [5, 5.41) is 9.10. The van der Waals surface area contributed by atoms with E-state index in [1.165, 1.54) is 12.5 Å². The Kier molecular flexibility index (Phi) is 3.42. The van der Waals surface area contributed by atoms with Crippen molar-refractivity contribution in [2.45, 2.75) is 32.8 Å². The molecule has 0 amide bonds. The van der Waals surface area contributed by atoms with E-state index in [9.17, 15) is 4.79 Å². The van der Waals surface area contributed by atoms with Crippen LogP contribution in [0.25, 0.3) is 0 Å². The molecule has 0 aromatic heterocycles. The van der Waals surface area contributed by atoms with E-state index in [0.717, 1.165) is 0 Å². The summed E-state index contributed by atoms with van der Waals surface area (Å²) in [6, 6.07) is 7.40. The van der Waals surface area contributed by atoms with Crippen molar-refractivity contribution in [3.05, 3.63) is 35.4 Å². The normalized spacial score (nSPS) is 12.9. The molecule has 0 fully saturated rings. The second-order valence-electron chi connectivity index (χ2n) is 3.82. The van der Waals surface area contributed by atoms with Gasteiger partial charge in [-0.05, 0) is 18.4 Å². The lowest BCUT2D eigenvalue weighted by molar-refractivity contribution is 0.0779. The summed E-state index contributed by atoms with van der Waals surface area (Å²) < 4.78 is 0. The van der Waals surface area contributed by atoms with Gasteiger partial charge in [-0.25, -0.2) is 0 Å². The summed E-state index contributed by atoms with van der Waals surface area (Å²) >= 11 is 0. The first-order valence-electron chi connectivity index (χ1n) is 4.84. The highest BCUT2D eigenvalue weighted by atomic mass is 16.3. The van der Waals surface area contributed by atoms with Crippen LogP contribution in [0, 0.1) is 0 Å². The molecule has 0 bridgehead atoms. The fourth-order valence-electron chi connectivity index (χ4n) is 1.27. The third-order valence-electron chi connectivity index (χ3n) is 2.24. The van der Waals surface area contributed by atoms with Gasteiger partial charge in [0.05, 0.1) is 0 Å². The van der Waals surface area contributed by atoms with Gasteiger partial charge in [0.15, 0.2) is 5.78 Å². The van der Waals surface area contributed by atoms with Crippen molar-refractivity contribution in [2.75, 3.05) is 0 Å². The average Bonchev–Trinajstić information content (AvgIpc) is 2.16. The van der Waals surface area contributed by atoms with Crippen LogP contribution in [0.2, 0.25) is 0 Å². The second-order valence-corrected chi connectivity index (χ2v) is 3.82. The molecule has 1 N–H and O–H groups in total. The minimum atomic E-state index is -0.917. The third-order valence-corrected chi connectivity index (χ3v) is 2.24. The molecule has 0 radical (unpaired) electrons. The molecule has 0 saturated heterocycles. The predicted octanol–water partition coefficient (Wildman–Crippen LogP) is 2.37. The van der Waals surface area contributed by atoms with Crippen molar-refractivity contribution in [1.29, 1.82) is 0 Å². The van der Waals surface area contributed by atoms with Gasteiger partial charge in [-0.1, -0.05) is 38.1 Å². The van der Waals surface area contributed by atoms with E-state index in [-0.39, 0.29) is 5.78 Å². The lowest BCUT2D eigenvalue weighted by atomic mass is 9.99. The van der Waals surface area contributed by atoms with Crippen LogP contribution in [0.15, 0.2) is 24.3 Å². The predicted molar refractivity (Wildman–Crippen MR) is 56.5 cm³/mol. The number of rotatable bonds is 3. The summed E-state index contributed by atoms with van der Waals surface area (Å²) in [7, 11) is 0. The van der Waals surface area contributed by atoms with Gasteiger partial charge >= 0.3 is 0 Å². The summed E-state index contributed by atoms with van der Waals surface area (Å²) in [4.78, 5) is 11.4. The quantitative estimate of drug-likeness (QED) is 0.746. The molecule has 0 saturated carbocycles. The first-order chi connectivity index (χ1) is 6.52. The van der Waals surface area contributed by atoms with Crippen LogP contribution in [0.1, 0.15) is 42.6 Å². The summed E-state index contributed by atoms with van der Waals surface area (Å²) in [5.41, 5.74) is 1.77. The van der Waals surface area contributed by atoms with E-state index < -0.39 is 6.10 Å². The van der Waals surface area contributed by atoms with E-state index in [2.05, 4.69) is 13.8 Å². The van der Waals surface area contributed by atoms with Crippen molar-refractivity contribution in [3.8, 4) is 0 Å². The lowest BCUT2D eigenvalue weighted by Gasteiger charge is -2.07. The van der Waals surface area contributed by atoms with Crippen LogP contribution in [0.3, 0.4) is 0 Å². The van der Waals surface area contributed by atoms with Crippen LogP contribution in [-0.4, -0.2) is 17.0 Å². The van der Waals surface area contributed by atoms with Gasteiger partial charge in [0, 0.05) is 5.56 Å². The fourth-order valence-corrected chi connectivity index (χ4v) is 1.27. The van der Waals surface area contributed by atoms with Gasteiger partial charge in [-0.3, -0.25) is 4.79 Å². The third kappa shape index (κ3) is 2.42. The first-order valence-corrected chi connectivity index (χ1v) is 4.84. The number of ketones is 1. The molecule has 2 nitrogen and oxygen atoms in total. The highest BCUT2D eigenvalue weighted by Gasteiger charge is 2.11. The standard InChI is InChI=1S/C12H16O2/c1-8(2)10-4-6-11(7-5-10)12(14)9(3)13/h4-9,13H,1-3H3. The van der Waals surface area contributed by atoms with E-state index in [0.29, 0.717) is 11.5 Å². The Morgan fingerprint density at radius 1 is 1.14 bits per heavy atom. The number of benzene rings is 1. The van der Waals surface area contributed by atoms with Crippen LogP contribution < -0.4 is 0 Å². The highest BCUT2D eigenvalue weighted by molar-refractivity contribution is 5.99. The maximum Gasteiger partial charge on any atom is 0.190 e. The average molecular weight is 192 g/mol. The molecule has 76 valence electrons. The molecular weight excluding hydrogens is 176 g/mol. The van der Waals surface area contributed by atoms with Crippen LogP contribution in [0.5, 0.6) is 0 Å². The number of carbonyl (C=O) groups is 1. The molecule has 0 aliphatic rings. The summed E-state index contributed by atoms with van der Waals surface area (Å²) in [5.74, 6) is 0.242. The molecule has 1 rings (SSSR count). The molecule has 2 heteroatoms. The lowest BCUT2D eigenvalue weighted by Crippen LogP contribution is -2.15. The van der Waals surface area contributed by atoms with Crippen LogP contribution in [0.4, 0.5) is 0 Å². The molecule has 0 spiro atoms. The maximum absolute atomic E-state index is 11.4. The molecule has 1 unspecified atom stereocenters. The van der Waals surface area contributed by atoms with Gasteiger partial charge in [0.25, 0.3) is 0 Å². The van der Waals surface area contributed by atoms with E-state index in [1.807, 2.05) is 12.1 Å². The zero-order chi connectivity index (χ0) is 10.7. The largest absolute Gasteiger partial charge is 0.385 e. The van der Waals surface area contributed by atoms with Crippen molar-refractivity contribution in [2.24, 2.45) is 0 Å². The van der Waals surface area contributed by atoms with Crippen molar-refractivity contribution >= 4 is 5.78 Å². The Morgan fingerprint density at radius 3 is 2.00 bits per heavy atom. The number of hydrogen-bond acceptors (Lipinski definition) is 2. The molecular formula is C12H16O2. The van der Waals surface area contributed by atoms with Gasteiger partial charge in [-0.15, -0.1) is 0 Å². The Hall–Kier alpha value is -1.15. The minimum Gasteiger partial charge on any atom is -0.385 e. The monoisotopic (exact) mass is 192 g/mol. The van der Waals surface area contributed by atoms with Gasteiger partial charge < -0.3 is 5.11 Å². The van der Waals surface area contributed by atoms with Crippen molar-refractivity contribution in [1.82, 2.24) is 0 Å². The SMILES string of the molecule is CC(O)C(=O)c1ccc(C(C)C)cc1. The summed E-state index contributed by atoms with van der Waals surface area (Å²) in [6.45, 7) is 5.69. The Morgan fingerprint density at radius 2 is 1.64 bits per heavy atom. The minimum absolute atomic E-state index is 0.222. The topological polar surface area (TPSA) is 37.3 Å². The van der Waals surface area contributed by atoms with Gasteiger partial charge in [-0.2, -0.15) is 0 Å². The molecule has 14 heavy (non-hydrogen) atoms. The summed E-state index contributed by atoms with van der Waals surface area (Å²) in [6.07, 6.45) is -0.917. The second kappa shape index (κ2) is 4.38. The molecule has 0 heterocycles. The number of hydrogen-bond donors (Lipinski definition) is 1. The first kappa shape index (κ1) is 10.9. The van der Waals surface area contributed by atoms with Crippen molar-refractivity contribution in [3.63, 3.8) is 0 Å². The zero-order valence-electron chi connectivity index (χ0n) is 8.82. The van der Waals surface area contributed by atoms with Gasteiger partial charge in [0.2, 0.25) is 0 Å². The molecule has 0 aliphatic carbocycles. The fraction of sp³-hybridized carbons (Fsp3) is 0.417. The number of carbonyl (C=O) groups excluding carboxylic acids is 1. The van der Waals surface area contributed by atoms with Crippen molar-refractivity contribution < 1.29 is 9.90 Å². The smallest absolute Gasteiger partial charge is 0.190 e. The number of aliphatic hydroxyl groups is 1. The highest BCUT2D eigenvalue weighted by Crippen LogP contribution is 2.15. The van der Waals surface area contributed by atoms with E-state index in [4.69, 9.17) is 5.11 Å². The molecule has 1 aromatic carbocycles. The van der Waals surface area contributed by atoms with E-state index >= 15 is 0 Å². The van der Waals surface area contributed by atoms with Gasteiger partial charge in [0.1, 0.15) is 6.10 Å². The van der Waals surface area contributed by atoms with E-state index in [1.54, 1.807) is 12.1 Å². The van der Waals surface area contributed by atoms with Crippen LogP contribution in [-0.2, 0) is 0 Å².